The molecule has 3 rings (SSSR count). The van der Waals surface area contributed by atoms with Gasteiger partial charge in [0.1, 0.15) is 17.3 Å². The van der Waals surface area contributed by atoms with Crippen LogP contribution in [-0.4, -0.2) is 58.9 Å². The van der Waals surface area contributed by atoms with Crippen LogP contribution in [0.4, 0.5) is 11.5 Å². The Morgan fingerprint density at radius 3 is 2.44 bits per heavy atom. The lowest BCUT2D eigenvalue weighted by molar-refractivity contribution is 0.0658. The standard InChI is InChI=1S/C19H25N5O/c1-13-5-6-16(14(2)11-13)22-18-12-17(20-15(3)21-18)19(25)24-9-7-23(4)8-10-24/h5-6,11-12H,7-10H2,1-4H3,(H,20,21,22). The topological polar surface area (TPSA) is 61.4 Å². The smallest absolute Gasteiger partial charge is 0.272 e. The van der Waals surface area contributed by atoms with Crippen LogP contribution < -0.4 is 5.32 Å². The molecular formula is C19H25N5O. The second-order valence-electron chi connectivity index (χ2n) is 6.72. The van der Waals surface area contributed by atoms with E-state index in [0.29, 0.717) is 17.3 Å². The van der Waals surface area contributed by atoms with Gasteiger partial charge < -0.3 is 15.1 Å². The first kappa shape index (κ1) is 17.4. The molecule has 0 saturated carbocycles. The molecule has 1 aliphatic heterocycles. The van der Waals surface area contributed by atoms with Gasteiger partial charge in [-0.1, -0.05) is 17.7 Å². The van der Waals surface area contributed by atoms with E-state index in [0.717, 1.165) is 37.4 Å². The molecular weight excluding hydrogens is 314 g/mol. The molecule has 0 spiro atoms. The van der Waals surface area contributed by atoms with Crippen LogP contribution in [-0.2, 0) is 0 Å². The Hall–Kier alpha value is -2.47. The highest BCUT2D eigenvalue weighted by Crippen LogP contribution is 2.21. The number of hydrogen-bond acceptors (Lipinski definition) is 5. The highest BCUT2D eigenvalue weighted by atomic mass is 16.2. The SMILES string of the molecule is Cc1ccc(Nc2cc(C(=O)N3CCN(C)CC3)nc(C)n2)c(C)c1. The molecule has 0 atom stereocenters. The fourth-order valence-corrected chi connectivity index (χ4v) is 3.00. The van der Waals surface area contributed by atoms with Crippen molar-refractivity contribution < 1.29 is 4.79 Å². The number of hydrogen-bond donors (Lipinski definition) is 1. The maximum Gasteiger partial charge on any atom is 0.272 e. The van der Waals surface area contributed by atoms with Crippen LogP contribution in [0.3, 0.4) is 0 Å². The third-order valence-corrected chi connectivity index (χ3v) is 4.49. The van der Waals surface area contributed by atoms with Crippen molar-refractivity contribution in [3.63, 3.8) is 0 Å². The fourth-order valence-electron chi connectivity index (χ4n) is 3.00. The predicted molar refractivity (Wildman–Crippen MR) is 99.4 cm³/mol. The number of aromatic nitrogens is 2. The van der Waals surface area contributed by atoms with Crippen LogP contribution in [0.1, 0.15) is 27.4 Å². The molecule has 0 bridgehead atoms. The molecule has 25 heavy (non-hydrogen) atoms. The molecule has 1 amide bonds. The number of amides is 1. The number of piperazine rings is 1. The van der Waals surface area contributed by atoms with Gasteiger partial charge in [-0.15, -0.1) is 0 Å². The lowest BCUT2D eigenvalue weighted by Gasteiger charge is -2.32. The molecule has 1 aromatic heterocycles. The first-order valence-corrected chi connectivity index (χ1v) is 8.60. The van der Waals surface area contributed by atoms with Crippen molar-refractivity contribution in [2.24, 2.45) is 0 Å². The van der Waals surface area contributed by atoms with Crippen LogP contribution in [0.25, 0.3) is 0 Å². The van der Waals surface area contributed by atoms with Gasteiger partial charge in [-0.25, -0.2) is 9.97 Å². The second kappa shape index (κ2) is 7.19. The first-order valence-electron chi connectivity index (χ1n) is 8.60. The average Bonchev–Trinajstić information content (AvgIpc) is 2.57. The fraction of sp³-hybridized carbons (Fsp3) is 0.421. The van der Waals surface area contributed by atoms with Gasteiger partial charge in [-0.05, 0) is 39.4 Å². The Labute approximate surface area is 148 Å². The Morgan fingerprint density at radius 1 is 1.04 bits per heavy atom. The van der Waals surface area contributed by atoms with Crippen LogP contribution in [0, 0.1) is 20.8 Å². The zero-order valence-electron chi connectivity index (χ0n) is 15.3. The molecule has 1 N–H and O–H groups in total. The van der Waals surface area contributed by atoms with E-state index in [1.54, 1.807) is 6.07 Å². The van der Waals surface area contributed by atoms with Crippen LogP contribution in [0.5, 0.6) is 0 Å². The second-order valence-corrected chi connectivity index (χ2v) is 6.72. The van der Waals surface area contributed by atoms with E-state index in [-0.39, 0.29) is 5.91 Å². The van der Waals surface area contributed by atoms with Crippen molar-refractivity contribution in [1.82, 2.24) is 19.8 Å². The first-order chi connectivity index (χ1) is 11.9. The maximum atomic E-state index is 12.8. The molecule has 6 nitrogen and oxygen atoms in total. The van der Waals surface area contributed by atoms with E-state index in [1.165, 1.54) is 5.56 Å². The number of carbonyl (C=O) groups excluding carboxylic acids is 1. The van der Waals surface area contributed by atoms with Crippen molar-refractivity contribution in [1.29, 1.82) is 0 Å². The van der Waals surface area contributed by atoms with Crippen LogP contribution in [0.2, 0.25) is 0 Å². The van der Waals surface area contributed by atoms with Gasteiger partial charge in [0, 0.05) is 37.9 Å². The number of rotatable bonds is 3. The normalized spacial score (nSPS) is 15.3. The molecule has 1 aliphatic rings. The number of aryl methyl sites for hydroxylation is 3. The van der Waals surface area contributed by atoms with Crippen molar-refractivity contribution >= 4 is 17.4 Å². The minimum atomic E-state index is -0.0257. The number of nitrogens with one attached hydrogen (secondary N) is 1. The van der Waals surface area contributed by atoms with Crippen molar-refractivity contribution in [3.8, 4) is 0 Å². The summed E-state index contributed by atoms with van der Waals surface area (Å²) < 4.78 is 0. The molecule has 2 heterocycles. The van der Waals surface area contributed by atoms with Gasteiger partial charge in [-0.3, -0.25) is 4.79 Å². The minimum Gasteiger partial charge on any atom is -0.340 e. The van der Waals surface area contributed by atoms with E-state index >= 15 is 0 Å². The Kier molecular flexibility index (Phi) is 4.99. The minimum absolute atomic E-state index is 0.0257. The van der Waals surface area contributed by atoms with Gasteiger partial charge >= 0.3 is 0 Å². The summed E-state index contributed by atoms with van der Waals surface area (Å²) in [5.41, 5.74) is 3.79. The van der Waals surface area contributed by atoms with E-state index in [2.05, 4.69) is 53.2 Å². The predicted octanol–water partition coefficient (Wildman–Crippen LogP) is 2.53. The number of carbonyl (C=O) groups is 1. The summed E-state index contributed by atoms with van der Waals surface area (Å²) in [7, 11) is 2.07. The molecule has 1 saturated heterocycles. The van der Waals surface area contributed by atoms with Gasteiger partial charge in [0.15, 0.2) is 0 Å². The molecule has 1 aromatic carbocycles. The summed E-state index contributed by atoms with van der Waals surface area (Å²) in [5, 5.41) is 3.32. The highest BCUT2D eigenvalue weighted by molar-refractivity contribution is 5.93. The molecule has 0 aliphatic carbocycles. The Balaban J connectivity index is 1.81. The number of nitrogens with zero attached hydrogens (tertiary/aromatic N) is 4. The zero-order chi connectivity index (χ0) is 18.0. The quantitative estimate of drug-likeness (QED) is 0.931. The van der Waals surface area contributed by atoms with E-state index in [9.17, 15) is 4.79 Å². The van der Waals surface area contributed by atoms with Gasteiger partial charge in [0.25, 0.3) is 5.91 Å². The van der Waals surface area contributed by atoms with Crippen molar-refractivity contribution in [2.45, 2.75) is 20.8 Å². The van der Waals surface area contributed by atoms with Gasteiger partial charge in [-0.2, -0.15) is 0 Å². The summed E-state index contributed by atoms with van der Waals surface area (Å²) in [4.78, 5) is 25.6. The summed E-state index contributed by atoms with van der Waals surface area (Å²) in [5.74, 6) is 1.21. The number of likely N-dealkylation sites (N-methyl/N-ethyl adjacent to an activating group) is 1. The third kappa shape index (κ3) is 4.14. The Bertz CT molecular complexity index is 781. The van der Waals surface area contributed by atoms with E-state index in [1.807, 2.05) is 17.9 Å². The largest absolute Gasteiger partial charge is 0.340 e. The molecule has 132 valence electrons. The monoisotopic (exact) mass is 339 g/mol. The van der Waals surface area contributed by atoms with Crippen LogP contribution >= 0.6 is 0 Å². The maximum absolute atomic E-state index is 12.8. The molecule has 0 unspecified atom stereocenters. The average molecular weight is 339 g/mol. The van der Waals surface area contributed by atoms with Gasteiger partial charge in [0.05, 0.1) is 0 Å². The summed E-state index contributed by atoms with van der Waals surface area (Å²) in [6.07, 6.45) is 0. The zero-order valence-corrected chi connectivity index (χ0v) is 15.3. The summed E-state index contributed by atoms with van der Waals surface area (Å²) in [6, 6.07) is 7.95. The highest BCUT2D eigenvalue weighted by Gasteiger charge is 2.22. The molecule has 2 aromatic rings. The number of benzene rings is 1. The third-order valence-electron chi connectivity index (χ3n) is 4.49. The summed E-state index contributed by atoms with van der Waals surface area (Å²) in [6.45, 7) is 9.19. The molecule has 1 fully saturated rings. The summed E-state index contributed by atoms with van der Waals surface area (Å²) >= 11 is 0. The lowest BCUT2D eigenvalue weighted by Crippen LogP contribution is -2.47. The van der Waals surface area contributed by atoms with Crippen molar-refractivity contribution in [2.75, 3.05) is 38.5 Å². The van der Waals surface area contributed by atoms with E-state index in [4.69, 9.17) is 0 Å². The molecule has 0 radical (unpaired) electrons. The molecule has 6 heteroatoms. The Morgan fingerprint density at radius 2 is 1.76 bits per heavy atom. The van der Waals surface area contributed by atoms with Crippen molar-refractivity contribution in [3.05, 3.63) is 46.9 Å². The van der Waals surface area contributed by atoms with E-state index < -0.39 is 0 Å². The van der Waals surface area contributed by atoms with Crippen LogP contribution in [0.15, 0.2) is 24.3 Å². The van der Waals surface area contributed by atoms with Gasteiger partial charge in [0.2, 0.25) is 0 Å². The lowest BCUT2D eigenvalue weighted by atomic mass is 10.1. The number of anilines is 2.